The fraction of sp³-hybridized carbons (Fsp3) is 0.500. The lowest BCUT2D eigenvalue weighted by atomic mass is 9.91. The molecule has 0 fully saturated rings. The van der Waals surface area contributed by atoms with E-state index in [-0.39, 0.29) is 5.92 Å². The van der Waals surface area contributed by atoms with Crippen molar-refractivity contribution < 1.29 is 5.11 Å². The second kappa shape index (κ2) is 6.26. The summed E-state index contributed by atoms with van der Waals surface area (Å²) < 4.78 is 0. The molecule has 0 saturated heterocycles. The lowest BCUT2D eigenvalue weighted by Crippen LogP contribution is -2.32. The summed E-state index contributed by atoms with van der Waals surface area (Å²) >= 11 is 18.1. The smallest absolute Gasteiger partial charge is 0.0759 e. The molecule has 1 aromatic rings. The first-order chi connectivity index (χ1) is 7.90. The Labute approximate surface area is 117 Å². The molecule has 0 aliphatic heterocycles. The van der Waals surface area contributed by atoms with Crippen LogP contribution in [0.15, 0.2) is 12.1 Å². The Morgan fingerprint density at radius 3 is 2.29 bits per heavy atom. The third-order valence-electron chi connectivity index (χ3n) is 3.01. The van der Waals surface area contributed by atoms with Crippen molar-refractivity contribution in [2.45, 2.75) is 32.4 Å². The number of aliphatic hydroxyl groups is 1. The van der Waals surface area contributed by atoms with Crippen molar-refractivity contribution in [2.24, 2.45) is 11.7 Å². The first-order valence-electron chi connectivity index (χ1n) is 5.47. The number of rotatable bonds is 4. The largest absolute Gasteiger partial charge is 0.391 e. The van der Waals surface area contributed by atoms with E-state index in [2.05, 4.69) is 0 Å². The van der Waals surface area contributed by atoms with Gasteiger partial charge in [-0.05, 0) is 18.1 Å². The Balaban J connectivity index is 3.11. The molecule has 3 N–H and O–H groups in total. The SMILES string of the molecule is CCC(C)[C@H](O)[C@H](N)c1c(Cl)ccc(Cl)c1Cl. The molecule has 17 heavy (non-hydrogen) atoms. The Bertz CT molecular complexity index is 398. The fourth-order valence-electron chi connectivity index (χ4n) is 1.61. The summed E-state index contributed by atoms with van der Waals surface area (Å²) in [5.41, 5.74) is 6.52. The molecule has 1 unspecified atom stereocenters. The van der Waals surface area contributed by atoms with Crippen molar-refractivity contribution in [1.29, 1.82) is 0 Å². The maximum Gasteiger partial charge on any atom is 0.0759 e. The molecule has 3 atom stereocenters. The third kappa shape index (κ3) is 3.27. The van der Waals surface area contributed by atoms with Gasteiger partial charge in [-0.2, -0.15) is 0 Å². The molecular formula is C12H16Cl3NO. The quantitative estimate of drug-likeness (QED) is 0.823. The molecule has 0 aromatic heterocycles. The molecule has 0 aliphatic carbocycles. The van der Waals surface area contributed by atoms with E-state index < -0.39 is 12.1 Å². The van der Waals surface area contributed by atoms with Crippen molar-refractivity contribution >= 4 is 34.8 Å². The van der Waals surface area contributed by atoms with E-state index in [1.807, 2.05) is 13.8 Å². The van der Waals surface area contributed by atoms with Crippen LogP contribution < -0.4 is 5.73 Å². The second-order valence-corrected chi connectivity index (χ2v) is 5.35. The zero-order chi connectivity index (χ0) is 13.2. The van der Waals surface area contributed by atoms with E-state index in [4.69, 9.17) is 40.5 Å². The molecule has 0 saturated carbocycles. The minimum atomic E-state index is -0.700. The Morgan fingerprint density at radius 1 is 1.24 bits per heavy atom. The summed E-state index contributed by atoms with van der Waals surface area (Å²) in [4.78, 5) is 0. The van der Waals surface area contributed by atoms with Crippen LogP contribution in [-0.2, 0) is 0 Å². The monoisotopic (exact) mass is 295 g/mol. The topological polar surface area (TPSA) is 46.2 Å². The Hall–Kier alpha value is 0.01000. The summed E-state index contributed by atoms with van der Waals surface area (Å²) in [6.45, 7) is 3.92. The van der Waals surface area contributed by atoms with Gasteiger partial charge in [0.05, 0.1) is 22.2 Å². The van der Waals surface area contributed by atoms with Gasteiger partial charge < -0.3 is 10.8 Å². The van der Waals surface area contributed by atoms with Gasteiger partial charge in [0.2, 0.25) is 0 Å². The van der Waals surface area contributed by atoms with Gasteiger partial charge in [0.1, 0.15) is 0 Å². The molecule has 0 amide bonds. The highest BCUT2D eigenvalue weighted by atomic mass is 35.5. The van der Waals surface area contributed by atoms with Crippen molar-refractivity contribution in [3.05, 3.63) is 32.8 Å². The van der Waals surface area contributed by atoms with Crippen molar-refractivity contribution in [1.82, 2.24) is 0 Å². The van der Waals surface area contributed by atoms with Gasteiger partial charge in [0, 0.05) is 10.6 Å². The first kappa shape index (κ1) is 15.1. The molecule has 5 heteroatoms. The van der Waals surface area contributed by atoms with Gasteiger partial charge in [-0.1, -0.05) is 55.1 Å². The summed E-state index contributed by atoms with van der Waals surface area (Å²) in [6.07, 6.45) is 0.124. The molecule has 0 spiro atoms. The number of hydrogen-bond donors (Lipinski definition) is 2. The molecule has 1 aromatic carbocycles. The highest BCUT2D eigenvalue weighted by molar-refractivity contribution is 6.44. The van der Waals surface area contributed by atoms with E-state index in [1.54, 1.807) is 12.1 Å². The molecule has 0 bridgehead atoms. The van der Waals surface area contributed by atoms with Crippen LogP contribution in [0.2, 0.25) is 15.1 Å². The van der Waals surface area contributed by atoms with Crippen LogP contribution in [0.1, 0.15) is 31.9 Å². The summed E-state index contributed by atoms with van der Waals surface area (Å²) in [7, 11) is 0. The van der Waals surface area contributed by atoms with Crippen molar-refractivity contribution in [3.8, 4) is 0 Å². The number of halogens is 3. The van der Waals surface area contributed by atoms with E-state index in [0.29, 0.717) is 20.6 Å². The summed E-state index contributed by atoms with van der Waals surface area (Å²) in [5, 5.41) is 11.2. The van der Waals surface area contributed by atoms with Crippen LogP contribution in [0.5, 0.6) is 0 Å². The zero-order valence-corrected chi connectivity index (χ0v) is 12.0. The number of aliphatic hydroxyl groups excluding tert-OH is 1. The molecular weight excluding hydrogens is 280 g/mol. The van der Waals surface area contributed by atoms with Crippen LogP contribution >= 0.6 is 34.8 Å². The van der Waals surface area contributed by atoms with E-state index in [0.717, 1.165) is 6.42 Å². The number of hydrogen-bond acceptors (Lipinski definition) is 2. The van der Waals surface area contributed by atoms with Crippen LogP contribution in [0.3, 0.4) is 0 Å². The van der Waals surface area contributed by atoms with E-state index >= 15 is 0 Å². The van der Waals surface area contributed by atoms with Crippen LogP contribution in [0.4, 0.5) is 0 Å². The predicted molar refractivity (Wildman–Crippen MR) is 73.9 cm³/mol. The standard InChI is InChI=1S/C12H16Cl3NO/c1-3-6(2)12(17)11(16)9-7(13)4-5-8(14)10(9)15/h4-6,11-12,17H,3,16H2,1-2H3/t6?,11-,12+/m1/s1. The average molecular weight is 297 g/mol. The van der Waals surface area contributed by atoms with E-state index in [1.165, 1.54) is 0 Å². The van der Waals surface area contributed by atoms with Crippen LogP contribution in [-0.4, -0.2) is 11.2 Å². The Morgan fingerprint density at radius 2 is 1.76 bits per heavy atom. The van der Waals surface area contributed by atoms with E-state index in [9.17, 15) is 5.11 Å². The van der Waals surface area contributed by atoms with Crippen molar-refractivity contribution in [2.75, 3.05) is 0 Å². The summed E-state index contributed by atoms with van der Waals surface area (Å²) in [5.74, 6) is 0.0658. The third-order valence-corrected chi connectivity index (χ3v) is 4.16. The number of benzene rings is 1. The van der Waals surface area contributed by atoms with Gasteiger partial charge in [-0.15, -0.1) is 0 Å². The zero-order valence-electron chi connectivity index (χ0n) is 9.75. The first-order valence-corrected chi connectivity index (χ1v) is 6.60. The van der Waals surface area contributed by atoms with Gasteiger partial charge in [0.15, 0.2) is 0 Å². The number of nitrogens with two attached hydrogens (primary N) is 1. The van der Waals surface area contributed by atoms with Gasteiger partial charge in [0.25, 0.3) is 0 Å². The molecule has 2 nitrogen and oxygen atoms in total. The molecule has 0 radical (unpaired) electrons. The molecule has 96 valence electrons. The van der Waals surface area contributed by atoms with Gasteiger partial charge in [-0.25, -0.2) is 0 Å². The van der Waals surface area contributed by atoms with Gasteiger partial charge in [-0.3, -0.25) is 0 Å². The molecule has 0 heterocycles. The normalized spacial score (nSPS) is 16.6. The maximum absolute atomic E-state index is 10.1. The minimum Gasteiger partial charge on any atom is -0.391 e. The maximum atomic E-state index is 10.1. The lowest BCUT2D eigenvalue weighted by molar-refractivity contribution is 0.0880. The fourth-order valence-corrected chi connectivity index (χ4v) is 2.40. The summed E-state index contributed by atoms with van der Waals surface area (Å²) in [6, 6.07) is 2.61. The highest BCUT2D eigenvalue weighted by Gasteiger charge is 2.26. The molecule has 1 rings (SSSR count). The minimum absolute atomic E-state index is 0.0658. The molecule has 0 aliphatic rings. The predicted octanol–water partition coefficient (Wildman–Crippen LogP) is 4.05. The van der Waals surface area contributed by atoms with Gasteiger partial charge >= 0.3 is 0 Å². The van der Waals surface area contributed by atoms with Crippen LogP contribution in [0, 0.1) is 5.92 Å². The second-order valence-electron chi connectivity index (χ2n) is 4.16. The highest BCUT2D eigenvalue weighted by Crippen LogP contribution is 2.37. The lowest BCUT2D eigenvalue weighted by Gasteiger charge is -2.25. The van der Waals surface area contributed by atoms with Crippen molar-refractivity contribution in [3.63, 3.8) is 0 Å². The average Bonchev–Trinajstić information content (AvgIpc) is 2.32. The Kier molecular flexibility index (Phi) is 5.55. The van der Waals surface area contributed by atoms with Crippen LogP contribution in [0.25, 0.3) is 0 Å².